The van der Waals surface area contributed by atoms with Crippen molar-refractivity contribution >= 4 is 32.7 Å². The summed E-state index contributed by atoms with van der Waals surface area (Å²) in [5, 5.41) is 1.08. The van der Waals surface area contributed by atoms with Gasteiger partial charge in [-0.15, -0.1) is 11.3 Å². The molecule has 0 aliphatic rings. The van der Waals surface area contributed by atoms with E-state index in [1.54, 1.807) is 17.5 Å². The number of pyridine rings is 1. The van der Waals surface area contributed by atoms with Crippen LogP contribution < -0.4 is 4.72 Å². The SMILES string of the molecule is C=S(=O)(Nc1cc(-c2sc(CC)nc2-c2cccc(C)c2)ccn1)c1ccc(C)cc1. The minimum Gasteiger partial charge on any atom is -0.294 e. The van der Waals surface area contributed by atoms with Crippen LogP contribution in [0.5, 0.6) is 0 Å². The van der Waals surface area contributed by atoms with Crippen molar-refractivity contribution in [1.29, 1.82) is 0 Å². The molecule has 31 heavy (non-hydrogen) atoms. The topological polar surface area (TPSA) is 54.9 Å². The number of hydrogen-bond donors (Lipinski definition) is 1. The predicted octanol–water partition coefficient (Wildman–Crippen LogP) is 6.15. The van der Waals surface area contributed by atoms with Crippen LogP contribution in [0, 0.1) is 13.8 Å². The highest BCUT2D eigenvalue weighted by Crippen LogP contribution is 2.38. The molecule has 0 amide bonds. The summed E-state index contributed by atoms with van der Waals surface area (Å²) in [4.78, 5) is 11.0. The van der Waals surface area contributed by atoms with Gasteiger partial charge in [-0.25, -0.2) is 14.2 Å². The van der Waals surface area contributed by atoms with Gasteiger partial charge < -0.3 is 0 Å². The first-order chi connectivity index (χ1) is 14.9. The molecule has 2 aromatic carbocycles. The van der Waals surface area contributed by atoms with Crippen LogP contribution in [0.15, 0.2) is 71.8 Å². The van der Waals surface area contributed by atoms with Gasteiger partial charge in [0.2, 0.25) is 0 Å². The molecule has 0 aliphatic carbocycles. The number of nitrogens with one attached hydrogen (secondary N) is 1. The summed E-state index contributed by atoms with van der Waals surface area (Å²) in [5.41, 5.74) is 5.36. The fraction of sp³-hybridized carbons (Fsp3) is 0.160. The summed E-state index contributed by atoms with van der Waals surface area (Å²) in [6.45, 7) is 6.20. The van der Waals surface area contributed by atoms with Gasteiger partial charge in [-0.2, -0.15) is 0 Å². The molecule has 0 radical (unpaired) electrons. The van der Waals surface area contributed by atoms with Gasteiger partial charge in [0.25, 0.3) is 0 Å². The highest BCUT2D eigenvalue weighted by molar-refractivity contribution is 8.01. The highest BCUT2D eigenvalue weighted by Gasteiger charge is 2.16. The Hall–Kier alpha value is -2.96. The highest BCUT2D eigenvalue weighted by atomic mass is 32.2. The van der Waals surface area contributed by atoms with Gasteiger partial charge >= 0.3 is 0 Å². The van der Waals surface area contributed by atoms with Gasteiger partial charge in [0, 0.05) is 16.7 Å². The molecule has 4 nitrogen and oxygen atoms in total. The van der Waals surface area contributed by atoms with Crippen molar-refractivity contribution in [3.63, 3.8) is 0 Å². The molecule has 0 spiro atoms. The van der Waals surface area contributed by atoms with Crippen molar-refractivity contribution in [3.8, 4) is 21.7 Å². The monoisotopic (exact) mass is 447 g/mol. The van der Waals surface area contributed by atoms with E-state index in [9.17, 15) is 4.21 Å². The molecule has 0 bridgehead atoms. The number of aryl methyl sites for hydroxylation is 3. The van der Waals surface area contributed by atoms with E-state index in [2.05, 4.69) is 53.7 Å². The van der Waals surface area contributed by atoms with Crippen LogP contribution in [0.3, 0.4) is 0 Å². The Morgan fingerprint density at radius 1 is 1.00 bits per heavy atom. The zero-order valence-electron chi connectivity index (χ0n) is 17.9. The lowest BCUT2D eigenvalue weighted by atomic mass is 10.1. The smallest absolute Gasteiger partial charge is 0.138 e. The van der Waals surface area contributed by atoms with Crippen molar-refractivity contribution in [1.82, 2.24) is 9.97 Å². The van der Waals surface area contributed by atoms with E-state index in [1.165, 1.54) is 5.56 Å². The molecule has 0 saturated carbocycles. The number of rotatable bonds is 6. The minimum absolute atomic E-state index is 0.528. The fourth-order valence-electron chi connectivity index (χ4n) is 3.31. The molecule has 1 atom stereocenters. The zero-order valence-corrected chi connectivity index (χ0v) is 19.5. The summed E-state index contributed by atoms with van der Waals surface area (Å²) < 4.78 is 16.3. The van der Waals surface area contributed by atoms with E-state index in [-0.39, 0.29) is 0 Å². The van der Waals surface area contributed by atoms with Gasteiger partial charge in [0.1, 0.15) is 5.82 Å². The summed E-state index contributed by atoms with van der Waals surface area (Å²) in [7, 11) is -2.72. The average Bonchev–Trinajstić information content (AvgIpc) is 3.19. The van der Waals surface area contributed by atoms with Crippen LogP contribution in [0.1, 0.15) is 23.1 Å². The van der Waals surface area contributed by atoms with Gasteiger partial charge in [-0.1, -0.05) is 48.4 Å². The Balaban J connectivity index is 1.72. The first-order valence-electron chi connectivity index (χ1n) is 10.1. The maximum Gasteiger partial charge on any atom is 0.138 e. The van der Waals surface area contributed by atoms with Crippen LogP contribution in [0.2, 0.25) is 0 Å². The quantitative estimate of drug-likeness (QED) is 0.361. The van der Waals surface area contributed by atoms with Crippen LogP contribution in [0.25, 0.3) is 21.7 Å². The van der Waals surface area contributed by atoms with E-state index in [4.69, 9.17) is 4.98 Å². The van der Waals surface area contributed by atoms with Crippen LogP contribution >= 0.6 is 11.3 Å². The lowest BCUT2D eigenvalue weighted by Crippen LogP contribution is -2.13. The van der Waals surface area contributed by atoms with Crippen molar-refractivity contribution in [2.24, 2.45) is 0 Å². The molecule has 1 unspecified atom stereocenters. The summed E-state index contributed by atoms with van der Waals surface area (Å²) >= 11 is 1.68. The first kappa shape index (κ1) is 21.3. The Bertz CT molecular complexity index is 1320. The van der Waals surface area contributed by atoms with Crippen LogP contribution in [-0.2, 0) is 16.1 Å². The molecule has 0 aliphatic heterocycles. The Labute approximate surface area is 188 Å². The third-order valence-corrected chi connectivity index (χ3v) is 7.78. The first-order valence-corrected chi connectivity index (χ1v) is 12.6. The standard InChI is InChI=1S/C25H25N3OS2/c1-5-23-27-24(19-8-6-7-18(3)15-19)25(30-23)20-13-14-26-22(16-20)28-31(4,29)21-11-9-17(2)10-12-21/h6-16H,4-5H2,1-3H3,(H,26,28,29). The van der Waals surface area contributed by atoms with E-state index in [1.807, 2.05) is 43.3 Å². The molecular weight excluding hydrogens is 422 g/mol. The molecule has 2 aromatic heterocycles. The van der Waals surface area contributed by atoms with Gasteiger partial charge in [-0.3, -0.25) is 4.72 Å². The predicted molar refractivity (Wildman–Crippen MR) is 133 cm³/mol. The Morgan fingerprint density at radius 2 is 1.77 bits per heavy atom. The lowest BCUT2D eigenvalue weighted by molar-refractivity contribution is 0.684. The zero-order chi connectivity index (χ0) is 22.0. The second-order valence-corrected chi connectivity index (χ2v) is 10.6. The second-order valence-electron chi connectivity index (χ2n) is 7.53. The third-order valence-electron chi connectivity index (χ3n) is 4.96. The van der Waals surface area contributed by atoms with Crippen molar-refractivity contribution in [3.05, 3.63) is 83.0 Å². The van der Waals surface area contributed by atoms with Crippen molar-refractivity contribution < 1.29 is 4.21 Å². The van der Waals surface area contributed by atoms with Crippen LogP contribution in [0.4, 0.5) is 5.82 Å². The van der Waals surface area contributed by atoms with Crippen LogP contribution in [-0.4, -0.2) is 20.0 Å². The Kier molecular flexibility index (Phi) is 5.94. The molecular formula is C25H25N3OS2. The molecule has 0 saturated heterocycles. The summed E-state index contributed by atoms with van der Waals surface area (Å²) in [5.74, 6) is 4.45. The van der Waals surface area contributed by atoms with Crippen molar-refractivity contribution in [2.45, 2.75) is 32.1 Å². The molecule has 1 N–H and O–H groups in total. The maximum absolute atomic E-state index is 13.2. The average molecular weight is 448 g/mol. The van der Waals surface area contributed by atoms with E-state index in [0.29, 0.717) is 10.7 Å². The Morgan fingerprint density at radius 3 is 2.48 bits per heavy atom. The molecule has 158 valence electrons. The van der Waals surface area contributed by atoms with E-state index in [0.717, 1.165) is 38.7 Å². The number of benzene rings is 2. The third kappa shape index (κ3) is 4.70. The normalized spacial score (nSPS) is 13.0. The lowest BCUT2D eigenvalue weighted by Gasteiger charge is -2.13. The minimum atomic E-state index is -2.72. The molecule has 4 aromatic rings. The molecule has 2 heterocycles. The van der Waals surface area contributed by atoms with Gasteiger partial charge in [-0.05, 0) is 62.0 Å². The summed E-state index contributed by atoms with van der Waals surface area (Å²) in [6.07, 6.45) is 2.60. The number of hydrogen-bond acceptors (Lipinski definition) is 4. The number of anilines is 1. The second kappa shape index (κ2) is 8.65. The summed E-state index contributed by atoms with van der Waals surface area (Å²) in [6, 6.07) is 19.8. The molecule has 6 heteroatoms. The van der Waals surface area contributed by atoms with E-state index >= 15 is 0 Å². The van der Waals surface area contributed by atoms with Gasteiger partial charge in [0.05, 0.1) is 25.3 Å². The number of thiazole rings is 1. The number of aromatic nitrogens is 2. The number of nitrogens with zero attached hydrogens (tertiary/aromatic N) is 2. The molecule has 4 rings (SSSR count). The van der Waals surface area contributed by atoms with E-state index < -0.39 is 9.71 Å². The van der Waals surface area contributed by atoms with Gasteiger partial charge in [0.15, 0.2) is 0 Å². The maximum atomic E-state index is 13.2. The largest absolute Gasteiger partial charge is 0.294 e. The molecule has 0 fully saturated rings. The fourth-order valence-corrected chi connectivity index (χ4v) is 5.48. The van der Waals surface area contributed by atoms with Crippen molar-refractivity contribution in [2.75, 3.05) is 4.72 Å².